The molecule has 1 aromatic rings. The molecule has 0 bridgehead atoms. The average molecular weight is 187 g/mol. The molecule has 2 atom stereocenters. The number of rotatable bonds is 2. The van der Waals surface area contributed by atoms with Gasteiger partial charge in [0.15, 0.2) is 0 Å². The van der Waals surface area contributed by atoms with Gasteiger partial charge in [0, 0.05) is 5.02 Å². The molecule has 1 rings (SSSR count). The molecule has 0 heterocycles. The lowest BCUT2D eigenvalue weighted by Gasteiger charge is -2.13. The van der Waals surface area contributed by atoms with Crippen LogP contribution in [0.3, 0.4) is 0 Å². The van der Waals surface area contributed by atoms with E-state index in [0.29, 0.717) is 10.6 Å². The van der Waals surface area contributed by atoms with E-state index in [1.165, 1.54) is 6.92 Å². The predicted octanol–water partition coefficient (Wildman–Crippen LogP) is 1.75. The molecule has 0 aliphatic carbocycles. The van der Waals surface area contributed by atoms with Gasteiger partial charge in [0.05, 0.1) is 6.10 Å². The number of aliphatic hydroxyl groups excluding tert-OH is 2. The quantitative estimate of drug-likeness (QED) is 0.739. The highest BCUT2D eigenvalue weighted by atomic mass is 35.5. The summed E-state index contributed by atoms with van der Waals surface area (Å²) in [4.78, 5) is 0. The maximum Gasteiger partial charge on any atom is 0.105 e. The fraction of sp³-hybridized carbons (Fsp3) is 0.333. The van der Waals surface area contributed by atoms with Gasteiger partial charge >= 0.3 is 0 Å². The van der Waals surface area contributed by atoms with Crippen LogP contribution in [0.15, 0.2) is 24.3 Å². The minimum atomic E-state index is -0.858. The van der Waals surface area contributed by atoms with Gasteiger partial charge in [-0.1, -0.05) is 23.7 Å². The van der Waals surface area contributed by atoms with Gasteiger partial charge in [-0.15, -0.1) is 0 Å². The molecule has 0 saturated carbocycles. The standard InChI is InChI=1S/C9H11ClO2/c1-6(11)9(12)7-3-2-4-8(10)5-7/h2-6,9,11-12H,1H3/t6-,9+/m1/s1. The Balaban J connectivity index is 2.88. The zero-order valence-corrected chi connectivity index (χ0v) is 7.49. The molecule has 12 heavy (non-hydrogen) atoms. The van der Waals surface area contributed by atoms with Crippen LogP contribution in [-0.2, 0) is 0 Å². The molecular weight excluding hydrogens is 176 g/mol. The third kappa shape index (κ3) is 2.21. The highest BCUT2D eigenvalue weighted by molar-refractivity contribution is 6.30. The first-order chi connectivity index (χ1) is 5.61. The van der Waals surface area contributed by atoms with Crippen LogP contribution in [0.1, 0.15) is 18.6 Å². The van der Waals surface area contributed by atoms with Crippen molar-refractivity contribution < 1.29 is 10.2 Å². The fourth-order valence-corrected chi connectivity index (χ4v) is 1.17. The van der Waals surface area contributed by atoms with Gasteiger partial charge in [0.25, 0.3) is 0 Å². The van der Waals surface area contributed by atoms with E-state index in [4.69, 9.17) is 16.7 Å². The average Bonchev–Trinajstić information content (AvgIpc) is 2.03. The summed E-state index contributed by atoms with van der Waals surface area (Å²) < 4.78 is 0. The van der Waals surface area contributed by atoms with Crippen molar-refractivity contribution >= 4 is 11.6 Å². The number of hydrogen-bond acceptors (Lipinski definition) is 2. The number of halogens is 1. The van der Waals surface area contributed by atoms with E-state index in [1.54, 1.807) is 24.3 Å². The molecule has 0 aromatic heterocycles. The molecule has 1 aromatic carbocycles. The number of benzene rings is 1. The van der Waals surface area contributed by atoms with E-state index in [-0.39, 0.29) is 0 Å². The van der Waals surface area contributed by atoms with Crippen molar-refractivity contribution in [2.24, 2.45) is 0 Å². The van der Waals surface area contributed by atoms with E-state index < -0.39 is 12.2 Å². The first-order valence-corrected chi connectivity index (χ1v) is 4.10. The summed E-state index contributed by atoms with van der Waals surface area (Å²) in [7, 11) is 0. The van der Waals surface area contributed by atoms with Crippen molar-refractivity contribution in [2.75, 3.05) is 0 Å². The smallest absolute Gasteiger partial charge is 0.105 e. The maximum absolute atomic E-state index is 9.41. The van der Waals surface area contributed by atoms with Gasteiger partial charge in [0.2, 0.25) is 0 Å². The van der Waals surface area contributed by atoms with Crippen LogP contribution < -0.4 is 0 Å². The van der Waals surface area contributed by atoms with Gasteiger partial charge in [-0.2, -0.15) is 0 Å². The molecule has 0 radical (unpaired) electrons. The van der Waals surface area contributed by atoms with Crippen molar-refractivity contribution in [1.29, 1.82) is 0 Å². The Bertz CT molecular complexity index is 260. The van der Waals surface area contributed by atoms with Crippen molar-refractivity contribution in [3.05, 3.63) is 34.9 Å². The van der Waals surface area contributed by atoms with Gasteiger partial charge in [-0.05, 0) is 24.6 Å². The molecule has 0 fully saturated rings. The first kappa shape index (κ1) is 9.52. The Morgan fingerprint density at radius 1 is 1.33 bits per heavy atom. The highest BCUT2D eigenvalue weighted by Gasteiger charge is 2.12. The monoisotopic (exact) mass is 186 g/mol. The normalized spacial score (nSPS) is 15.7. The van der Waals surface area contributed by atoms with Crippen LogP contribution in [0.4, 0.5) is 0 Å². The summed E-state index contributed by atoms with van der Waals surface area (Å²) in [6.07, 6.45) is -1.63. The maximum atomic E-state index is 9.41. The molecule has 0 spiro atoms. The van der Waals surface area contributed by atoms with E-state index in [2.05, 4.69) is 0 Å². The summed E-state index contributed by atoms with van der Waals surface area (Å²) >= 11 is 5.70. The topological polar surface area (TPSA) is 40.5 Å². The van der Waals surface area contributed by atoms with Crippen molar-refractivity contribution in [2.45, 2.75) is 19.1 Å². The Kier molecular flexibility index (Phi) is 3.09. The minimum absolute atomic E-state index is 0.562. The van der Waals surface area contributed by atoms with Crippen LogP contribution >= 0.6 is 11.6 Å². The SMILES string of the molecule is C[C@@H](O)[C@H](O)c1cccc(Cl)c1. The molecule has 3 heteroatoms. The van der Waals surface area contributed by atoms with Crippen molar-refractivity contribution in [3.63, 3.8) is 0 Å². The van der Waals surface area contributed by atoms with Gasteiger partial charge < -0.3 is 10.2 Å². The fourth-order valence-electron chi connectivity index (χ4n) is 0.969. The third-order valence-corrected chi connectivity index (χ3v) is 1.88. The van der Waals surface area contributed by atoms with Gasteiger partial charge in [-0.25, -0.2) is 0 Å². The number of hydrogen-bond donors (Lipinski definition) is 2. The lowest BCUT2D eigenvalue weighted by molar-refractivity contribution is 0.0305. The largest absolute Gasteiger partial charge is 0.390 e. The van der Waals surface area contributed by atoms with Crippen LogP contribution in [0.2, 0.25) is 5.02 Å². The zero-order valence-electron chi connectivity index (χ0n) is 6.74. The zero-order chi connectivity index (χ0) is 9.14. The summed E-state index contributed by atoms with van der Waals surface area (Å²) in [5.74, 6) is 0. The second-order valence-electron chi connectivity index (χ2n) is 2.74. The molecule has 66 valence electrons. The Hall–Kier alpha value is -0.570. The molecule has 0 unspecified atom stereocenters. The summed E-state index contributed by atoms with van der Waals surface area (Å²) in [6.45, 7) is 1.53. The minimum Gasteiger partial charge on any atom is -0.390 e. The molecule has 2 nitrogen and oxygen atoms in total. The van der Waals surface area contributed by atoms with Crippen LogP contribution in [-0.4, -0.2) is 16.3 Å². The lowest BCUT2D eigenvalue weighted by atomic mass is 10.1. The van der Waals surface area contributed by atoms with E-state index >= 15 is 0 Å². The van der Waals surface area contributed by atoms with Crippen LogP contribution in [0.25, 0.3) is 0 Å². The molecule has 0 saturated heterocycles. The van der Waals surface area contributed by atoms with Crippen LogP contribution in [0, 0.1) is 0 Å². The Morgan fingerprint density at radius 2 is 2.00 bits per heavy atom. The molecule has 0 aliphatic rings. The van der Waals surface area contributed by atoms with Gasteiger partial charge in [-0.3, -0.25) is 0 Å². The third-order valence-electron chi connectivity index (χ3n) is 1.65. The lowest BCUT2D eigenvalue weighted by Crippen LogP contribution is -2.13. The molecule has 0 aliphatic heterocycles. The van der Waals surface area contributed by atoms with Crippen LogP contribution in [0.5, 0.6) is 0 Å². The van der Waals surface area contributed by atoms with E-state index in [0.717, 1.165) is 0 Å². The van der Waals surface area contributed by atoms with Gasteiger partial charge in [0.1, 0.15) is 6.10 Å². The van der Waals surface area contributed by atoms with E-state index in [1.807, 2.05) is 0 Å². The Morgan fingerprint density at radius 3 is 2.50 bits per heavy atom. The molecule has 0 amide bonds. The van der Waals surface area contributed by atoms with E-state index in [9.17, 15) is 5.11 Å². The molecule has 2 N–H and O–H groups in total. The summed E-state index contributed by atoms with van der Waals surface area (Å²) in [5, 5.41) is 19.0. The van der Waals surface area contributed by atoms with Crippen molar-refractivity contribution in [1.82, 2.24) is 0 Å². The Labute approximate surface area is 76.4 Å². The summed E-state index contributed by atoms with van der Waals surface area (Å²) in [6, 6.07) is 6.82. The number of aliphatic hydroxyl groups is 2. The highest BCUT2D eigenvalue weighted by Crippen LogP contribution is 2.19. The second kappa shape index (κ2) is 3.90. The van der Waals surface area contributed by atoms with Crippen molar-refractivity contribution in [3.8, 4) is 0 Å². The summed E-state index contributed by atoms with van der Waals surface area (Å²) in [5.41, 5.74) is 0.637. The first-order valence-electron chi connectivity index (χ1n) is 3.73. The molecular formula is C9H11ClO2. The second-order valence-corrected chi connectivity index (χ2v) is 3.18. The predicted molar refractivity (Wildman–Crippen MR) is 48.1 cm³/mol.